The summed E-state index contributed by atoms with van der Waals surface area (Å²) in [6, 6.07) is 12.8. The molecule has 118 valence electrons. The molecule has 0 aliphatic carbocycles. The Labute approximate surface area is 141 Å². The molecule has 0 saturated carbocycles. The average Bonchev–Trinajstić information content (AvgIpc) is 3.14. The second-order valence-electron chi connectivity index (χ2n) is 6.49. The Bertz CT molecular complexity index is 797. The molecule has 3 heterocycles. The van der Waals surface area contributed by atoms with Gasteiger partial charge in [0.05, 0.1) is 16.8 Å². The lowest BCUT2D eigenvalue weighted by atomic mass is 10.0. The highest BCUT2D eigenvalue weighted by molar-refractivity contribution is 7.18. The Morgan fingerprint density at radius 2 is 2.22 bits per heavy atom. The lowest BCUT2D eigenvalue weighted by Crippen LogP contribution is -2.20. The number of pyridine rings is 1. The molecular weight excluding hydrogens is 302 g/mol. The van der Waals surface area contributed by atoms with Crippen LogP contribution in [0.3, 0.4) is 0 Å². The van der Waals surface area contributed by atoms with Gasteiger partial charge in [-0.25, -0.2) is 4.98 Å². The number of aromatic nitrogens is 2. The summed E-state index contributed by atoms with van der Waals surface area (Å²) < 4.78 is 1.30. The molecule has 0 spiro atoms. The van der Waals surface area contributed by atoms with Gasteiger partial charge in [0.1, 0.15) is 5.01 Å². The third-order valence-electron chi connectivity index (χ3n) is 4.54. The van der Waals surface area contributed by atoms with Gasteiger partial charge in [0, 0.05) is 18.4 Å². The third-order valence-corrected chi connectivity index (χ3v) is 5.56. The number of thiazole rings is 1. The van der Waals surface area contributed by atoms with Crippen molar-refractivity contribution in [3.05, 3.63) is 58.9 Å². The van der Waals surface area contributed by atoms with Gasteiger partial charge in [-0.3, -0.25) is 9.88 Å². The number of hydrogen-bond acceptors (Lipinski definition) is 4. The second-order valence-corrected chi connectivity index (χ2v) is 7.61. The highest BCUT2D eigenvalue weighted by Crippen LogP contribution is 2.26. The first-order chi connectivity index (χ1) is 11.3. The highest BCUT2D eigenvalue weighted by Gasteiger charge is 2.23. The van der Waals surface area contributed by atoms with E-state index in [1.54, 1.807) is 0 Å². The fourth-order valence-corrected chi connectivity index (χ4v) is 4.37. The summed E-state index contributed by atoms with van der Waals surface area (Å²) in [7, 11) is 0. The van der Waals surface area contributed by atoms with E-state index >= 15 is 0 Å². The quantitative estimate of drug-likeness (QED) is 0.725. The topological polar surface area (TPSA) is 29.0 Å². The zero-order valence-corrected chi connectivity index (χ0v) is 14.2. The van der Waals surface area contributed by atoms with E-state index < -0.39 is 0 Å². The minimum absolute atomic E-state index is 0.724. The lowest BCUT2D eigenvalue weighted by Gasteiger charge is -2.14. The van der Waals surface area contributed by atoms with Crippen LogP contribution in [0.4, 0.5) is 0 Å². The maximum absolute atomic E-state index is 4.81. The van der Waals surface area contributed by atoms with Crippen molar-refractivity contribution in [2.24, 2.45) is 5.92 Å². The predicted molar refractivity (Wildman–Crippen MR) is 95.7 cm³/mol. The standard InChI is InChI=1S/C19H21N3S/c1-14-5-6-18-17(10-14)21-19(23-18)13-22-9-7-15(12-22)11-16-4-2-3-8-20-16/h2-6,8,10,15H,7,9,11-13H2,1H3. The summed E-state index contributed by atoms with van der Waals surface area (Å²) in [6.45, 7) is 5.44. The van der Waals surface area contributed by atoms with Gasteiger partial charge in [-0.1, -0.05) is 12.1 Å². The van der Waals surface area contributed by atoms with Gasteiger partial charge >= 0.3 is 0 Å². The van der Waals surface area contributed by atoms with Gasteiger partial charge in [0.15, 0.2) is 0 Å². The van der Waals surface area contributed by atoms with Crippen LogP contribution in [0.25, 0.3) is 10.2 Å². The SMILES string of the molecule is Cc1ccc2sc(CN3CCC(Cc4ccccn4)C3)nc2c1. The fourth-order valence-electron chi connectivity index (χ4n) is 3.38. The van der Waals surface area contributed by atoms with Gasteiger partial charge < -0.3 is 0 Å². The summed E-state index contributed by atoms with van der Waals surface area (Å²) in [6.07, 6.45) is 4.25. The van der Waals surface area contributed by atoms with E-state index in [2.05, 4.69) is 47.1 Å². The maximum Gasteiger partial charge on any atom is 0.108 e. The Morgan fingerprint density at radius 3 is 3.09 bits per heavy atom. The minimum atomic E-state index is 0.724. The summed E-state index contributed by atoms with van der Waals surface area (Å²) in [5.74, 6) is 0.724. The Balaban J connectivity index is 1.39. The van der Waals surface area contributed by atoms with Crippen molar-refractivity contribution in [3.63, 3.8) is 0 Å². The molecule has 1 fully saturated rings. The molecule has 1 atom stereocenters. The zero-order valence-electron chi connectivity index (χ0n) is 13.4. The molecule has 23 heavy (non-hydrogen) atoms. The summed E-state index contributed by atoms with van der Waals surface area (Å²) in [4.78, 5) is 11.8. The smallest absolute Gasteiger partial charge is 0.108 e. The first-order valence-corrected chi connectivity index (χ1v) is 9.06. The van der Waals surface area contributed by atoms with Crippen LogP contribution >= 0.6 is 11.3 Å². The molecule has 1 saturated heterocycles. The van der Waals surface area contributed by atoms with Crippen molar-refractivity contribution in [2.75, 3.05) is 13.1 Å². The zero-order chi connectivity index (χ0) is 15.6. The number of likely N-dealkylation sites (tertiary alicyclic amines) is 1. The predicted octanol–water partition coefficient (Wildman–Crippen LogP) is 4.06. The van der Waals surface area contributed by atoms with Gasteiger partial charge in [-0.15, -0.1) is 11.3 Å². The van der Waals surface area contributed by atoms with Crippen molar-refractivity contribution < 1.29 is 0 Å². The third kappa shape index (κ3) is 3.43. The molecule has 0 amide bonds. The summed E-state index contributed by atoms with van der Waals surface area (Å²) in [5.41, 5.74) is 3.65. The molecule has 3 nitrogen and oxygen atoms in total. The van der Waals surface area contributed by atoms with Gasteiger partial charge in [-0.05, 0) is 62.1 Å². The van der Waals surface area contributed by atoms with Crippen molar-refractivity contribution in [3.8, 4) is 0 Å². The number of hydrogen-bond donors (Lipinski definition) is 0. The Kier molecular flexibility index (Phi) is 4.10. The molecular formula is C19H21N3S. The number of benzene rings is 1. The number of nitrogens with zero attached hydrogens (tertiary/aromatic N) is 3. The lowest BCUT2D eigenvalue weighted by molar-refractivity contribution is 0.315. The summed E-state index contributed by atoms with van der Waals surface area (Å²) in [5, 5.41) is 1.24. The van der Waals surface area contributed by atoms with Gasteiger partial charge in [0.2, 0.25) is 0 Å². The van der Waals surface area contributed by atoms with Crippen molar-refractivity contribution >= 4 is 21.6 Å². The first-order valence-electron chi connectivity index (χ1n) is 8.24. The minimum Gasteiger partial charge on any atom is -0.296 e. The maximum atomic E-state index is 4.81. The number of fused-ring (bicyclic) bond motifs is 1. The molecule has 0 bridgehead atoms. The van der Waals surface area contributed by atoms with E-state index in [-0.39, 0.29) is 0 Å². The highest BCUT2D eigenvalue weighted by atomic mass is 32.1. The first kappa shape index (κ1) is 14.8. The van der Waals surface area contributed by atoms with E-state index in [9.17, 15) is 0 Å². The van der Waals surface area contributed by atoms with E-state index in [1.165, 1.54) is 33.9 Å². The van der Waals surface area contributed by atoms with Crippen molar-refractivity contribution in [1.29, 1.82) is 0 Å². The Hall–Kier alpha value is -1.78. The van der Waals surface area contributed by atoms with Crippen LogP contribution in [0.15, 0.2) is 42.6 Å². The molecule has 2 aromatic heterocycles. The molecule has 0 radical (unpaired) electrons. The van der Waals surface area contributed by atoms with Crippen LogP contribution in [0.1, 0.15) is 22.7 Å². The van der Waals surface area contributed by atoms with Crippen LogP contribution in [-0.2, 0) is 13.0 Å². The fraction of sp³-hybridized carbons (Fsp3) is 0.368. The normalized spacial score (nSPS) is 18.7. The number of rotatable bonds is 4. The monoisotopic (exact) mass is 323 g/mol. The molecule has 3 aromatic rings. The van der Waals surface area contributed by atoms with Crippen LogP contribution < -0.4 is 0 Å². The van der Waals surface area contributed by atoms with Crippen LogP contribution in [0.2, 0.25) is 0 Å². The summed E-state index contributed by atoms with van der Waals surface area (Å²) >= 11 is 1.83. The average molecular weight is 323 g/mol. The molecule has 1 aromatic carbocycles. The molecule has 1 aliphatic heterocycles. The molecule has 4 rings (SSSR count). The molecule has 1 aliphatic rings. The van der Waals surface area contributed by atoms with Crippen LogP contribution in [0.5, 0.6) is 0 Å². The molecule has 4 heteroatoms. The Morgan fingerprint density at radius 1 is 1.26 bits per heavy atom. The number of aryl methyl sites for hydroxylation is 1. The van der Waals surface area contributed by atoms with E-state index in [0.29, 0.717) is 0 Å². The molecule has 0 N–H and O–H groups in total. The van der Waals surface area contributed by atoms with Crippen molar-refractivity contribution in [1.82, 2.24) is 14.9 Å². The van der Waals surface area contributed by atoms with E-state index in [4.69, 9.17) is 4.98 Å². The van der Waals surface area contributed by atoms with Crippen molar-refractivity contribution in [2.45, 2.75) is 26.3 Å². The largest absolute Gasteiger partial charge is 0.296 e. The van der Waals surface area contributed by atoms with Gasteiger partial charge in [0.25, 0.3) is 0 Å². The van der Waals surface area contributed by atoms with E-state index in [0.717, 1.165) is 30.9 Å². The van der Waals surface area contributed by atoms with Crippen LogP contribution in [-0.4, -0.2) is 28.0 Å². The van der Waals surface area contributed by atoms with Gasteiger partial charge in [-0.2, -0.15) is 0 Å². The van der Waals surface area contributed by atoms with E-state index in [1.807, 2.05) is 23.6 Å². The second kappa shape index (κ2) is 6.38. The molecule has 1 unspecified atom stereocenters. The van der Waals surface area contributed by atoms with Crippen LogP contribution in [0, 0.1) is 12.8 Å².